The lowest BCUT2D eigenvalue weighted by Crippen LogP contribution is -2.41. The molecule has 0 aromatic heterocycles. The number of nitrogen functional groups attached to an aromatic ring is 1. The van der Waals surface area contributed by atoms with E-state index in [0.29, 0.717) is 4.58 Å². The highest BCUT2D eigenvalue weighted by Gasteiger charge is 2.51. The summed E-state index contributed by atoms with van der Waals surface area (Å²) in [4.78, 5) is 0. The Morgan fingerprint density at radius 3 is 2.27 bits per heavy atom. The zero-order chi connectivity index (χ0) is 16.0. The van der Waals surface area contributed by atoms with Gasteiger partial charge >= 0.3 is 7.12 Å². The summed E-state index contributed by atoms with van der Waals surface area (Å²) in [5, 5.41) is 0. The number of anilines is 1. The molecule has 3 nitrogen and oxygen atoms in total. The first kappa shape index (κ1) is 16.6. The molecule has 2 fully saturated rings. The van der Waals surface area contributed by atoms with E-state index in [1.165, 1.54) is 23.5 Å². The number of hydrogen-bond donors (Lipinski definition) is 1. The van der Waals surface area contributed by atoms with E-state index in [1.54, 1.807) is 0 Å². The molecule has 0 saturated carbocycles. The van der Waals surface area contributed by atoms with Crippen molar-refractivity contribution in [3.05, 3.63) is 23.8 Å². The molecule has 22 heavy (non-hydrogen) atoms. The Bertz CT molecular complexity index is 543. The summed E-state index contributed by atoms with van der Waals surface area (Å²) in [5.41, 5.74) is 8.74. The molecule has 0 spiro atoms. The molecule has 0 unspecified atom stereocenters. The van der Waals surface area contributed by atoms with Crippen LogP contribution in [0, 0.1) is 0 Å². The van der Waals surface area contributed by atoms with Gasteiger partial charge in [-0.3, -0.25) is 0 Å². The van der Waals surface area contributed by atoms with E-state index in [2.05, 4.69) is 33.8 Å². The van der Waals surface area contributed by atoms with Crippen molar-refractivity contribution >= 4 is 41.8 Å². The van der Waals surface area contributed by atoms with Crippen molar-refractivity contribution in [1.29, 1.82) is 0 Å². The quantitative estimate of drug-likeness (QED) is 0.662. The summed E-state index contributed by atoms with van der Waals surface area (Å²) in [6.45, 7) is 8.33. The van der Waals surface area contributed by atoms with Crippen LogP contribution in [0.15, 0.2) is 18.2 Å². The van der Waals surface area contributed by atoms with Crippen LogP contribution in [-0.2, 0) is 9.31 Å². The van der Waals surface area contributed by atoms with Crippen molar-refractivity contribution in [1.82, 2.24) is 0 Å². The summed E-state index contributed by atoms with van der Waals surface area (Å²) in [7, 11) is -0.317. The molecule has 120 valence electrons. The molecule has 6 heteroatoms. The number of nitrogens with two attached hydrogens (primary N) is 1. The molecule has 0 radical (unpaired) electrons. The summed E-state index contributed by atoms with van der Waals surface area (Å²) in [5.74, 6) is 2.41. The van der Waals surface area contributed by atoms with Crippen LogP contribution < -0.4 is 11.2 Å². The maximum absolute atomic E-state index is 6.22. The lowest BCUT2D eigenvalue weighted by atomic mass is 9.78. The van der Waals surface area contributed by atoms with Crippen LogP contribution in [-0.4, -0.2) is 29.8 Å². The van der Waals surface area contributed by atoms with Gasteiger partial charge in [-0.15, -0.1) is 23.5 Å². The number of hydrogen-bond acceptors (Lipinski definition) is 5. The van der Waals surface area contributed by atoms with E-state index < -0.39 is 0 Å². The van der Waals surface area contributed by atoms with Gasteiger partial charge in [-0.25, -0.2) is 0 Å². The van der Waals surface area contributed by atoms with E-state index in [0.717, 1.165) is 11.2 Å². The van der Waals surface area contributed by atoms with Crippen LogP contribution >= 0.6 is 23.5 Å². The third kappa shape index (κ3) is 3.03. The molecule has 2 N–H and O–H groups in total. The molecule has 2 aliphatic heterocycles. The van der Waals surface area contributed by atoms with E-state index >= 15 is 0 Å². The van der Waals surface area contributed by atoms with Gasteiger partial charge < -0.3 is 15.0 Å². The summed E-state index contributed by atoms with van der Waals surface area (Å²) < 4.78 is 12.7. The van der Waals surface area contributed by atoms with Gasteiger partial charge in [0.05, 0.1) is 15.8 Å². The third-order valence-corrected chi connectivity index (χ3v) is 7.70. The number of thioether (sulfide) groups is 2. The molecule has 0 aliphatic carbocycles. The van der Waals surface area contributed by atoms with E-state index in [4.69, 9.17) is 15.0 Å². The predicted molar refractivity (Wildman–Crippen MR) is 98.8 cm³/mol. The number of rotatable bonds is 2. The Balaban J connectivity index is 1.87. The van der Waals surface area contributed by atoms with Crippen molar-refractivity contribution in [2.24, 2.45) is 0 Å². The first-order valence-corrected chi connectivity index (χ1v) is 9.88. The van der Waals surface area contributed by atoms with Crippen molar-refractivity contribution in [2.45, 2.75) is 49.9 Å². The molecule has 0 amide bonds. The molecule has 1 aromatic rings. The van der Waals surface area contributed by atoms with Crippen molar-refractivity contribution in [3.63, 3.8) is 0 Å². The third-order valence-electron chi connectivity index (χ3n) is 4.72. The Morgan fingerprint density at radius 2 is 1.68 bits per heavy atom. The van der Waals surface area contributed by atoms with Crippen LogP contribution in [0.4, 0.5) is 5.69 Å². The minimum absolute atomic E-state index is 0.312. The van der Waals surface area contributed by atoms with Gasteiger partial charge in [0.25, 0.3) is 0 Å². The molecule has 2 heterocycles. The molecule has 2 aliphatic rings. The first-order chi connectivity index (χ1) is 10.3. The monoisotopic (exact) mass is 337 g/mol. The summed E-state index contributed by atoms with van der Waals surface area (Å²) >= 11 is 3.97. The highest BCUT2D eigenvalue weighted by atomic mass is 32.2. The second kappa shape index (κ2) is 5.97. The van der Waals surface area contributed by atoms with Gasteiger partial charge in [-0.05, 0) is 62.7 Å². The van der Waals surface area contributed by atoms with Gasteiger partial charge in [-0.2, -0.15) is 0 Å². The molecule has 0 atom stereocenters. The minimum Gasteiger partial charge on any atom is -0.399 e. The normalized spacial score (nSPS) is 24.6. The Hall–Kier alpha value is -0.295. The zero-order valence-corrected chi connectivity index (χ0v) is 15.4. The van der Waals surface area contributed by atoms with Gasteiger partial charge in [0.15, 0.2) is 0 Å². The SMILES string of the molecule is CC1(C)OB(c2ccc(N)c(C3SCCCS3)c2)OC1(C)C. The smallest absolute Gasteiger partial charge is 0.399 e. The van der Waals surface area contributed by atoms with Gasteiger partial charge in [0.2, 0.25) is 0 Å². The van der Waals surface area contributed by atoms with Gasteiger partial charge in [0.1, 0.15) is 0 Å². The number of benzene rings is 1. The second-order valence-corrected chi connectivity index (χ2v) is 9.63. The molecular weight excluding hydrogens is 313 g/mol. The van der Waals surface area contributed by atoms with E-state index in [1.807, 2.05) is 35.7 Å². The Kier molecular flexibility index (Phi) is 4.49. The summed E-state index contributed by atoms with van der Waals surface area (Å²) in [6.07, 6.45) is 1.28. The maximum atomic E-state index is 6.22. The largest absolute Gasteiger partial charge is 0.494 e. The average Bonchev–Trinajstić information content (AvgIpc) is 2.69. The molecular formula is C16H24BNO2S2. The fraction of sp³-hybridized carbons (Fsp3) is 0.625. The molecule has 0 bridgehead atoms. The molecule has 3 rings (SSSR count). The highest BCUT2D eigenvalue weighted by Crippen LogP contribution is 2.45. The van der Waals surface area contributed by atoms with Gasteiger partial charge in [0, 0.05) is 5.69 Å². The second-order valence-electron chi connectivity index (χ2n) is 6.90. The lowest BCUT2D eigenvalue weighted by Gasteiger charge is -2.32. The standard InChI is InChI=1S/C16H24BNO2S2/c1-15(2)16(3,4)20-17(19-15)11-6-7-13(18)12(10-11)14-21-8-5-9-22-14/h6-7,10,14H,5,8-9,18H2,1-4H3. The average molecular weight is 337 g/mol. The maximum Gasteiger partial charge on any atom is 0.494 e. The van der Waals surface area contributed by atoms with E-state index in [9.17, 15) is 0 Å². The van der Waals surface area contributed by atoms with Crippen molar-refractivity contribution in [2.75, 3.05) is 17.2 Å². The first-order valence-electron chi connectivity index (χ1n) is 7.78. The summed E-state index contributed by atoms with van der Waals surface area (Å²) in [6, 6.07) is 6.19. The Labute approximate surface area is 142 Å². The molecule has 1 aromatic carbocycles. The highest BCUT2D eigenvalue weighted by molar-refractivity contribution is 8.16. The van der Waals surface area contributed by atoms with Crippen molar-refractivity contribution < 1.29 is 9.31 Å². The van der Waals surface area contributed by atoms with Crippen molar-refractivity contribution in [3.8, 4) is 0 Å². The van der Waals surface area contributed by atoms with Gasteiger partial charge in [-0.1, -0.05) is 12.1 Å². The predicted octanol–water partition coefficient (Wildman–Crippen LogP) is 3.44. The Morgan fingerprint density at radius 1 is 1.09 bits per heavy atom. The van der Waals surface area contributed by atoms with E-state index in [-0.39, 0.29) is 18.3 Å². The lowest BCUT2D eigenvalue weighted by molar-refractivity contribution is 0.00578. The topological polar surface area (TPSA) is 44.5 Å². The van der Waals surface area contributed by atoms with Crippen LogP contribution in [0.25, 0.3) is 0 Å². The molecule has 2 saturated heterocycles. The fourth-order valence-electron chi connectivity index (χ4n) is 2.59. The van der Waals surface area contributed by atoms with Crippen LogP contribution in [0.3, 0.4) is 0 Å². The van der Waals surface area contributed by atoms with Crippen LogP contribution in [0.2, 0.25) is 0 Å². The zero-order valence-electron chi connectivity index (χ0n) is 13.7. The van der Waals surface area contributed by atoms with Crippen LogP contribution in [0.5, 0.6) is 0 Å². The minimum atomic E-state index is -0.317. The fourth-order valence-corrected chi connectivity index (χ4v) is 5.55. The van der Waals surface area contributed by atoms with Crippen LogP contribution in [0.1, 0.15) is 44.3 Å².